The predicted octanol–water partition coefficient (Wildman–Crippen LogP) is 2.74. The molecule has 0 bridgehead atoms. The van der Waals surface area contributed by atoms with Crippen LogP contribution in [-0.4, -0.2) is 30.8 Å². The van der Waals surface area contributed by atoms with E-state index in [9.17, 15) is 9.90 Å². The molecule has 1 amide bonds. The van der Waals surface area contributed by atoms with Gasteiger partial charge in [0.1, 0.15) is 5.75 Å². The molecule has 0 aromatic heterocycles. The first-order chi connectivity index (χ1) is 10.2. The van der Waals surface area contributed by atoms with Gasteiger partial charge >= 0.3 is 0 Å². The molecule has 1 aromatic rings. The number of nitrogens with one attached hydrogen (secondary N) is 1. The molecule has 0 heterocycles. The molecule has 5 heteroatoms. The van der Waals surface area contributed by atoms with Gasteiger partial charge in [-0.25, -0.2) is 0 Å². The largest absolute Gasteiger partial charge is 0.484 e. The van der Waals surface area contributed by atoms with Crippen LogP contribution in [0.4, 0.5) is 0 Å². The minimum atomic E-state index is -0.111. The Bertz CT molecular complexity index is 449. The summed E-state index contributed by atoms with van der Waals surface area (Å²) in [4.78, 5) is 11.8. The maximum atomic E-state index is 11.8. The third kappa shape index (κ3) is 5.32. The van der Waals surface area contributed by atoms with Crippen molar-refractivity contribution in [2.24, 2.45) is 11.8 Å². The Morgan fingerprint density at radius 2 is 1.90 bits per heavy atom. The van der Waals surface area contributed by atoms with Gasteiger partial charge in [-0.2, -0.15) is 0 Å². The van der Waals surface area contributed by atoms with Crippen LogP contribution < -0.4 is 10.1 Å². The van der Waals surface area contributed by atoms with Gasteiger partial charge in [0.15, 0.2) is 6.61 Å². The smallest absolute Gasteiger partial charge is 0.257 e. The van der Waals surface area contributed by atoms with Crippen LogP contribution in [0.3, 0.4) is 0 Å². The van der Waals surface area contributed by atoms with Crippen molar-refractivity contribution in [1.29, 1.82) is 0 Å². The van der Waals surface area contributed by atoms with Crippen molar-refractivity contribution in [3.8, 4) is 5.75 Å². The highest BCUT2D eigenvalue weighted by molar-refractivity contribution is 9.10. The van der Waals surface area contributed by atoms with E-state index in [4.69, 9.17) is 4.74 Å². The quantitative estimate of drug-likeness (QED) is 0.824. The molecule has 2 N–H and O–H groups in total. The molecule has 1 fully saturated rings. The number of carbonyl (C=O) groups is 1. The molecular formula is C16H22BrNO3. The van der Waals surface area contributed by atoms with Crippen molar-refractivity contribution in [3.63, 3.8) is 0 Å². The number of aliphatic hydroxyl groups is 1. The summed E-state index contributed by atoms with van der Waals surface area (Å²) in [7, 11) is 0. The molecule has 1 aromatic carbocycles. The number of halogens is 1. The number of aliphatic hydroxyl groups excluding tert-OH is 1. The molecule has 2 rings (SSSR count). The van der Waals surface area contributed by atoms with Gasteiger partial charge in [0, 0.05) is 17.6 Å². The van der Waals surface area contributed by atoms with E-state index >= 15 is 0 Å². The SMILES string of the molecule is O=C(COc1ccc(Br)cc1)NCC1CCCCC1CO. The van der Waals surface area contributed by atoms with E-state index < -0.39 is 0 Å². The van der Waals surface area contributed by atoms with Gasteiger partial charge < -0.3 is 15.2 Å². The Balaban J connectivity index is 1.70. The van der Waals surface area contributed by atoms with Crippen molar-refractivity contribution in [3.05, 3.63) is 28.7 Å². The summed E-state index contributed by atoms with van der Waals surface area (Å²) in [5, 5.41) is 12.3. The molecule has 0 spiro atoms. The second kappa shape index (κ2) is 8.39. The summed E-state index contributed by atoms with van der Waals surface area (Å²) >= 11 is 3.35. The van der Waals surface area contributed by atoms with Crippen molar-refractivity contribution >= 4 is 21.8 Å². The third-order valence-corrected chi connectivity index (χ3v) is 4.57. The Hall–Kier alpha value is -1.07. The number of hydrogen-bond donors (Lipinski definition) is 2. The lowest BCUT2D eigenvalue weighted by atomic mass is 9.79. The molecule has 116 valence electrons. The van der Waals surface area contributed by atoms with Crippen molar-refractivity contribution in [1.82, 2.24) is 5.32 Å². The van der Waals surface area contributed by atoms with Gasteiger partial charge in [-0.3, -0.25) is 4.79 Å². The zero-order valence-electron chi connectivity index (χ0n) is 12.1. The van der Waals surface area contributed by atoms with E-state index in [2.05, 4.69) is 21.2 Å². The molecule has 0 radical (unpaired) electrons. The number of amides is 1. The molecule has 2 atom stereocenters. The number of rotatable bonds is 6. The average molecular weight is 356 g/mol. The average Bonchev–Trinajstić information content (AvgIpc) is 2.52. The highest BCUT2D eigenvalue weighted by Gasteiger charge is 2.24. The second-order valence-electron chi connectivity index (χ2n) is 5.53. The summed E-state index contributed by atoms with van der Waals surface area (Å²) in [5.74, 6) is 1.28. The summed E-state index contributed by atoms with van der Waals surface area (Å²) in [6.45, 7) is 0.877. The summed E-state index contributed by atoms with van der Waals surface area (Å²) in [6.07, 6.45) is 4.51. The normalized spacial score (nSPS) is 21.8. The van der Waals surface area contributed by atoms with Crippen LogP contribution in [-0.2, 0) is 4.79 Å². The van der Waals surface area contributed by atoms with Crippen LogP contribution in [0.25, 0.3) is 0 Å². The first kappa shape index (κ1) is 16.3. The summed E-state index contributed by atoms with van der Waals surface area (Å²) in [5.41, 5.74) is 0. The third-order valence-electron chi connectivity index (χ3n) is 4.05. The Kier molecular flexibility index (Phi) is 6.51. The van der Waals surface area contributed by atoms with Crippen molar-refractivity contribution < 1.29 is 14.6 Å². The minimum Gasteiger partial charge on any atom is -0.484 e. The highest BCUT2D eigenvalue weighted by atomic mass is 79.9. The van der Waals surface area contributed by atoms with Crippen LogP contribution in [0.2, 0.25) is 0 Å². The molecule has 4 nitrogen and oxygen atoms in total. The van der Waals surface area contributed by atoms with Crippen molar-refractivity contribution in [2.45, 2.75) is 25.7 Å². The van der Waals surface area contributed by atoms with E-state index in [1.54, 1.807) is 0 Å². The lowest BCUT2D eigenvalue weighted by Gasteiger charge is -2.30. The van der Waals surface area contributed by atoms with E-state index in [0.717, 1.165) is 17.3 Å². The molecular weight excluding hydrogens is 334 g/mol. The fourth-order valence-corrected chi connectivity index (χ4v) is 3.03. The number of hydrogen-bond acceptors (Lipinski definition) is 3. The molecule has 1 aliphatic rings. The molecule has 0 aliphatic heterocycles. The standard InChI is InChI=1S/C16H22BrNO3/c17-14-5-7-15(8-6-14)21-11-16(20)18-9-12-3-1-2-4-13(12)10-19/h5-8,12-13,19H,1-4,9-11H2,(H,18,20). The highest BCUT2D eigenvalue weighted by Crippen LogP contribution is 2.29. The molecule has 21 heavy (non-hydrogen) atoms. The lowest BCUT2D eigenvalue weighted by Crippen LogP contribution is -2.37. The maximum Gasteiger partial charge on any atom is 0.257 e. The van der Waals surface area contributed by atoms with Crippen LogP contribution >= 0.6 is 15.9 Å². The molecule has 1 aliphatic carbocycles. The van der Waals surface area contributed by atoms with Crippen molar-refractivity contribution in [2.75, 3.05) is 19.8 Å². The zero-order chi connectivity index (χ0) is 15.1. The Labute approximate surface area is 134 Å². The van der Waals surface area contributed by atoms with Gasteiger partial charge in [0.2, 0.25) is 0 Å². The van der Waals surface area contributed by atoms with Gasteiger partial charge in [0.25, 0.3) is 5.91 Å². The topological polar surface area (TPSA) is 58.6 Å². The van der Waals surface area contributed by atoms with Gasteiger partial charge in [0.05, 0.1) is 0 Å². The predicted molar refractivity (Wildman–Crippen MR) is 85.2 cm³/mol. The zero-order valence-corrected chi connectivity index (χ0v) is 13.6. The Morgan fingerprint density at radius 3 is 2.57 bits per heavy atom. The molecule has 2 unspecified atom stereocenters. The lowest BCUT2D eigenvalue weighted by molar-refractivity contribution is -0.123. The molecule has 1 saturated carbocycles. The van der Waals surface area contributed by atoms with Crippen LogP contribution in [0.15, 0.2) is 28.7 Å². The summed E-state index contributed by atoms with van der Waals surface area (Å²) in [6, 6.07) is 7.39. The number of ether oxygens (including phenoxy) is 1. The van der Waals surface area contributed by atoms with E-state index in [0.29, 0.717) is 24.1 Å². The number of carbonyl (C=O) groups excluding carboxylic acids is 1. The fourth-order valence-electron chi connectivity index (χ4n) is 2.77. The number of benzene rings is 1. The monoisotopic (exact) mass is 355 g/mol. The fraction of sp³-hybridized carbons (Fsp3) is 0.562. The Morgan fingerprint density at radius 1 is 1.24 bits per heavy atom. The van der Waals surface area contributed by atoms with Gasteiger partial charge in [-0.05, 0) is 48.9 Å². The summed E-state index contributed by atoms with van der Waals surface area (Å²) < 4.78 is 6.41. The van der Waals surface area contributed by atoms with E-state index in [1.807, 2.05) is 24.3 Å². The van der Waals surface area contributed by atoms with Crippen LogP contribution in [0.1, 0.15) is 25.7 Å². The van der Waals surface area contributed by atoms with Gasteiger partial charge in [-0.1, -0.05) is 28.8 Å². The second-order valence-corrected chi connectivity index (χ2v) is 6.45. The first-order valence-corrected chi connectivity index (χ1v) is 8.24. The van der Waals surface area contributed by atoms with Gasteiger partial charge in [-0.15, -0.1) is 0 Å². The maximum absolute atomic E-state index is 11.8. The first-order valence-electron chi connectivity index (χ1n) is 7.45. The van der Waals surface area contributed by atoms with Crippen LogP contribution in [0, 0.1) is 11.8 Å². The van der Waals surface area contributed by atoms with E-state index in [1.165, 1.54) is 12.8 Å². The minimum absolute atomic E-state index is 0.0259. The molecule has 0 saturated heterocycles. The van der Waals surface area contributed by atoms with Crippen LogP contribution in [0.5, 0.6) is 5.75 Å². The van der Waals surface area contributed by atoms with E-state index in [-0.39, 0.29) is 19.1 Å².